The van der Waals surface area contributed by atoms with Crippen molar-refractivity contribution in [3.05, 3.63) is 40.7 Å². The molecule has 0 aliphatic rings. The van der Waals surface area contributed by atoms with Crippen LogP contribution in [0.15, 0.2) is 23.6 Å². The van der Waals surface area contributed by atoms with E-state index in [1.54, 1.807) is 6.07 Å². The zero-order chi connectivity index (χ0) is 13.1. The number of aromatic nitrogens is 1. The van der Waals surface area contributed by atoms with Crippen molar-refractivity contribution in [3.63, 3.8) is 0 Å². The Kier molecular flexibility index (Phi) is 3.21. The van der Waals surface area contributed by atoms with E-state index in [1.165, 1.54) is 11.4 Å². The molecule has 0 radical (unpaired) electrons. The number of nitrogen functional groups attached to an aromatic ring is 1. The van der Waals surface area contributed by atoms with Gasteiger partial charge in [-0.3, -0.25) is 4.79 Å². The van der Waals surface area contributed by atoms with Crippen LogP contribution in [0.1, 0.15) is 16.1 Å². The molecule has 0 saturated carbocycles. The van der Waals surface area contributed by atoms with E-state index >= 15 is 0 Å². The molecule has 7 heteroatoms. The van der Waals surface area contributed by atoms with E-state index in [2.05, 4.69) is 10.3 Å². The molecule has 3 N–H and O–H groups in total. The third-order valence-electron chi connectivity index (χ3n) is 2.10. The van der Waals surface area contributed by atoms with E-state index in [9.17, 15) is 9.18 Å². The maximum absolute atomic E-state index is 12.9. The van der Waals surface area contributed by atoms with E-state index in [-0.39, 0.29) is 22.1 Å². The summed E-state index contributed by atoms with van der Waals surface area (Å²) in [6.07, 6.45) is 0. The molecule has 1 heterocycles. The fourth-order valence-electron chi connectivity index (χ4n) is 1.30. The standard InChI is InChI=1S/C11H7FN4OS/c12-7-1-2-8(6(3-7)4-13)15-10(17)9-5-18-11(14)16-9/h1-3,5H,(H2,14,16)(H,15,17). The Labute approximate surface area is 106 Å². The highest BCUT2D eigenvalue weighted by Gasteiger charge is 2.12. The number of hydrogen-bond acceptors (Lipinski definition) is 5. The van der Waals surface area contributed by atoms with Gasteiger partial charge in [-0.15, -0.1) is 11.3 Å². The summed E-state index contributed by atoms with van der Waals surface area (Å²) in [5.41, 5.74) is 5.85. The Morgan fingerprint density at radius 1 is 1.56 bits per heavy atom. The summed E-state index contributed by atoms with van der Waals surface area (Å²) in [7, 11) is 0. The quantitative estimate of drug-likeness (QED) is 0.865. The highest BCUT2D eigenvalue weighted by Crippen LogP contribution is 2.18. The average Bonchev–Trinajstić information content (AvgIpc) is 2.78. The lowest BCUT2D eigenvalue weighted by Gasteiger charge is -2.05. The minimum Gasteiger partial charge on any atom is -0.375 e. The fraction of sp³-hybridized carbons (Fsp3) is 0. The van der Waals surface area contributed by atoms with Crippen LogP contribution < -0.4 is 11.1 Å². The molecule has 0 unspecified atom stereocenters. The van der Waals surface area contributed by atoms with Crippen molar-refractivity contribution in [2.45, 2.75) is 0 Å². The number of anilines is 2. The van der Waals surface area contributed by atoms with Gasteiger partial charge in [-0.05, 0) is 18.2 Å². The maximum atomic E-state index is 12.9. The number of rotatable bonds is 2. The van der Waals surface area contributed by atoms with Crippen molar-refractivity contribution in [3.8, 4) is 6.07 Å². The average molecular weight is 262 g/mol. The SMILES string of the molecule is N#Cc1cc(F)ccc1NC(=O)c1csc(N)n1. The summed E-state index contributed by atoms with van der Waals surface area (Å²) in [6.45, 7) is 0. The Balaban J connectivity index is 2.25. The van der Waals surface area contributed by atoms with E-state index in [4.69, 9.17) is 11.0 Å². The monoisotopic (exact) mass is 262 g/mol. The van der Waals surface area contributed by atoms with Gasteiger partial charge in [-0.25, -0.2) is 9.37 Å². The number of carbonyl (C=O) groups excluding carboxylic acids is 1. The number of nitrogens with two attached hydrogens (primary N) is 1. The number of thiazole rings is 1. The lowest BCUT2D eigenvalue weighted by molar-refractivity contribution is 0.102. The summed E-state index contributed by atoms with van der Waals surface area (Å²) >= 11 is 1.14. The van der Waals surface area contributed by atoms with Crippen LogP contribution in [0, 0.1) is 17.1 Å². The summed E-state index contributed by atoms with van der Waals surface area (Å²) in [6, 6.07) is 5.33. The minimum atomic E-state index is -0.539. The first-order chi connectivity index (χ1) is 8.60. The molecule has 0 fully saturated rings. The molecule has 0 saturated heterocycles. The van der Waals surface area contributed by atoms with E-state index in [0.717, 1.165) is 23.5 Å². The molecule has 0 atom stereocenters. The number of benzene rings is 1. The Bertz CT molecular complexity index is 647. The molecule has 0 aliphatic carbocycles. The topological polar surface area (TPSA) is 91.8 Å². The second-order valence-electron chi connectivity index (χ2n) is 3.33. The van der Waals surface area contributed by atoms with E-state index < -0.39 is 11.7 Å². The van der Waals surface area contributed by atoms with Crippen LogP contribution in [0.3, 0.4) is 0 Å². The number of nitrogens with zero attached hydrogens (tertiary/aromatic N) is 2. The normalized spacial score (nSPS) is 9.78. The van der Waals surface area contributed by atoms with Crippen LogP contribution in [-0.4, -0.2) is 10.9 Å². The van der Waals surface area contributed by atoms with Crippen molar-refractivity contribution < 1.29 is 9.18 Å². The van der Waals surface area contributed by atoms with Crippen LogP contribution >= 0.6 is 11.3 Å². The summed E-state index contributed by atoms with van der Waals surface area (Å²) in [5.74, 6) is -1.03. The molecular formula is C11H7FN4OS. The first-order valence-corrected chi connectivity index (χ1v) is 5.70. The third-order valence-corrected chi connectivity index (χ3v) is 2.78. The van der Waals surface area contributed by atoms with Crippen LogP contribution in [0.5, 0.6) is 0 Å². The molecule has 2 aromatic rings. The van der Waals surface area contributed by atoms with Crippen molar-refractivity contribution >= 4 is 28.1 Å². The van der Waals surface area contributed by atoms with Gasteiger partial charge in [0.05, 0.1) is 11.3 Å². The van der Waals surface area contributed by atoms with Gasteiger partial charge in [0.1, 0.15) is 17.6 Å². The number of halogens is 1. The summed E-state index contributed by atoms with van der Waals surface area (Å²) in [4.78, 5) is 15.6. The molecule has 18 heavy (non-hydrogen) atoms. The molecular weight excluding hydrogens is 255 g/mol. The zero-order valence-electron chi connectivity index (χ0n) is 8.98. The molecule has 0 spiro atoms. The molecule has 0 bridgehead atoms. The van der Waals surface area contributed by atoms with E-state index in [0.29, 0.717) is 0 Å². The van der Waals surface area contributed by atoms with E-state index in [1.807, 2.05) is 0 Å². The Morgan fingerprint density at radius 2 is 2.33 bits per heavy atom. The maximum Gasteiger partial charge on any atom is 0.275 e. The minimum absolute atomic E-state index is 0.0477. The molecule has 1 amide bonds. The number of carbonyl (C=O) groups is 1. The van der Waals surface area contributed by atoms with Crippen molar-refractivity contribution in [1.82, 2.24) is 4.98 Å². The molecule has 2 rings (SSSR count). The van der Waals surface area contributed by atoms with Gasteiger partial charge < -0.3 is 11.1 Å². The number of amides is 1. The van der Waals surface area contributed by atoms with Gasteiger partial charge in [0.25, 0.3) is 5.91 Å². The summed E-state index contributed by atoms with van der Waals surface area (Å²) in [5, 5.41) is 13.1. The Hall–Kier alpha value is -2.46. The summed E-state index contributed by atoms with van der Waals surface area (Å²) < 4.78 is 12.9. The highest BCUT2D eigenvalue weighted by atomic mass is 32.1. The molecule has 90 valence electrons. The molecule has 5 nitrogen and oxygen atoms in total. The van der Waals surface area contributed by atoms with Crippen molar-refractivity contribution in [1.29, 1.82) is 5.26 Å². The largest absolute Gasteiger partial charge is 0.375 e. The smallest absolute Gasteiger partial charge is 0.275 e. The van der Waals surface area contributed by atoms with Crippen LogP contribution in [0.2, 0.25) is 0 Å². The third kappa shape index (κ3) is 2.44. The predicted molar refractivity (Wildman–Crippen MR) is 65.6 cm³/mol. The van der Waals surface area contributed by atoms with Crippen molar-refractivity contribution in [2.75, 3.05) is 11.1 Å². The lowest BCUT2D eigenvalue weighted by atomic mass is 10.2. The first kappa shape index (κ1) is 12.0. The molecule has 1 aromatic carbocycles. The molecule has 1 aromatic heterocycles. The van der Waals surface area contributed by atoms with Gasteiger partial charge in [0.15, 0.2) is 5.13 Å². The van der Waals surface area contributed by atoms with Gasteiger partial charge in [-0.2, -0.15) is 5.26 Å². The van der Waals surface area contributed by atoms with Gasteiger partial charge >= 0.3 is 0 Å². The van der Waals surface area contributed by atoms with Gasteiger partial charge in [0, 0.05) is 5.38 Å². The van der Waals surface area contributed by atoms with Gasteiger partial charge in [-0.1, -0.05) is 0 Å². The Morgan fingerprint density at radius 3 is 2.94 bits per heavy atom. The lowest BCUT2D eigenvalue weighted by Crippen LogP contribution is -2.13. The van der Waals surface area contributed by atoms with Crippen LogP contribution in [-0.2, 0) is 0 Å². The molecule has 0 aliphatic heterocycles. The first-order valence-electron chi connectivity index (χ1n) is 4.82. The fourth-order valence-corrected chi connectivity index (χ4v) is 1.84. The second kappa shape index (κ2) is 4.81. The number of nitrogens with one attached hydrogen (secondary N) is 1. The van der Waals surface area contributed by atoms with Gasteiger partial charge in [0.2, 0.25) is 0 Å². The number of hydrogen-bond donors (Lipinski definition) is 2. The highest BCUT2D eigenvalue weighted by molar-refractivity contribution is 7.13. The van der Waals surface area contributed by atoms with Crippen molar-refractivity contribution in [2.24, 2.45) is 0 Å². The predicted octanol–water partition coefficient (Wildman–Crippen LogP) is 1.99. The number of nitriles is 1. The van der Waals surface area contributed by atoms with Crippen LogP contribution in [0.25, 0.3) is 0 Å². The van der Waals surface area contributed by atoms with Crippen LogP contribution in [0.4, 0.5) is 15.2 Å². The zero-order valence-corrected chi connectivity index (χ0v) is 9.79. The second-order valence-corrected chi connectivity index (χ2v) is 4.22.